The molecule has 1 saturated heterocycles. The molecule has 0 radical (unpaired) electrons. The summed E-state index contributed by atoms with van der Waals surface area (Å²) in [6, 6.07) is 1.73. The first kappa shape index (κ1) is 14.8. The molecule has 6 nitrogen and oxygen atoms in total. The van der Waals surface area contributed by atoms with Gasteiger partial charge < -0.3 is 10.0 Å². The van der Waals surface area contributed by atoms with Gasteiger partial charge in [-0.3, -0.25) is 9.59 Å². The molecule has 108 valence electrons. The van der Waals surface area contributed by atoms with Gasteiger partial charge in [0.05, 0.1) is 11.2 Å². The van der Waals surface area contributed by atoms with E-state index in [1.54, 1.807) is 23.4 Å². The molecule has 2 heterocycles. The number of hydrogen-bond donors (Lipinski definition) is 1. The van der Waals surface area contributed by atoms with E-state index in [0.29, 0.717) is 31.1 Å². The summed E-state index contributed by atoms with van der Waals surface area (Å²) in [6.07, 6.45) is 4.34. The van der Waals surface area contributed by atoms with Gasteiger partial charge in [-0.05, 0) is 25.8 Å². The van der Waals surface area contributed by atoms with Gasteiger partial charge in [0.2, 0.25) is 5.91 Å². The van der Waals surface area contributed by atoms with Crippen LogP contribution in [0.2, 0.25) is 0 Å². The van der Waals surface area contributed by atoms with Crippen LogP contribution in [-0.4, -0.2) is 50.2 Å². The van der Waals surface area contributed by atoms with Crippen LogP contribution in [0.5, 0.6) is 0 Å². The van der Waals surface area contributed by atoms with Crippen molar-refractivity contribution in [2.75, 3.05) is 13.1 Å². The molecule has 0 aromatic carbocycles. The van der Waals surface area contributed by atoms with Gasteiger partial charge in [0.25, 0.3) is 0 Å². The number of rotatable bonds is 4. The maximum Gasteiger partial charge on any atom is 0.306 e. The third-order valence-electron chi connectivity index (χ3n) is 3.33. The zero-order valence-electron chi connectivity index (χ0n) is 11.2. The third kappa shape index (κ3) is 3.69. The van der Waals surface area contributed by atoms with Crippen LogP contribution in [0.3, 0.4) is 0 Å². The predicted molar refractivity (Wildman–Crippen MR) is 74.3 cm³/mol. The van der Waals surface area contributed by atoms with Crippen molar-refractivity contribution < 1.29 is 14.7 Å². The van der Waals surface area contributed by atoms with Crippen LogP contribution in [0.25, 0.3) is 0 Å². The van der Waals surface area contributed by atoms with Crippen molar-refractivity contribution in [2.24, 2.45) is 5.92 Å². The van der Waals surface area contributed by atoms with Crippen molar-refractivity contribution in [3.05, 3.63) is 18.5 Å². The van der Waals surface area contributed by atoms with Gasteiger partial charge in [0, 0.05) is 25.5 Å². The molecule has 20 heavy (non-hydrogen) atoms. The largest absolute Gasteiger partial charge is 0.481 e. The van der Waals surface area contributed by atoms with Gasteiger partial charge in [-0.2, -0.15) is 0 Å². The topological polar surface area (TPSA) is 83.4 Å². The van der Waals surface area contributed by atoms with Gasteiger partial charge in [-0.15, -0.1) is 0 Å². The van der Waals surface area contributed by atoms with E-state index in [1.807, 2.05) is 6.92 Å². The maximum absolute atomic E-state index is 12.3. The highest BCUT2D eigenvalue weighted by molar-refractivity contribution is 8.00. The second kappa shape index (κ2) is 6.69. The second-order valence-corrected chi connectivity index (χ2v) is 6.04. The Bertz CT molecular complexity index is 475. The van der Waals surface area contributed by atoms with Gasteiger partial charge in [-0.1, -0.05) is 11.8 Å². The van der Waals surface area contributed by atoms with E-state index in [9.17, 15) is 9.59 Å². The van der Waals surface area contributed by atoms with E-state index >= 15 is 0 Å². The van der Waals surface area contributed by atoms with E-state index in [0.717, 1.165) is 0 Å². The molecule has 1 aromatic rings. The minimum Gasteiger partial charge on any atom is -0.481 e. The molecule has 1 aromatic heterocycles. The van der Waals surface area contributed by atoms with Crippen LogP contribution in [0, 0.1) is 5.92 Å². The first-order chi connectivity index (χ1) is 9.58. The number of nitrogens with zero attached hydrogens (tertiary/aromatic N) is 3. The van der Waals surface area contributed by atoms with Gasteiger partial charge >= 0.3 is 5.97 Å². The van der Waals surface area contributed by atoms with Gasteiger partial charge in [0.15, 0.2) is 5.16 Å². The highest BCUT2D eigenvalue weighted by atomic mass is 32.2. The maximum atomic E-state index is 12.3. The Morgan fingerprint density at radius 3 is 2.50 bits per heavy atom. The number of aliphatic carboxylic acids is 1. The summed E-state index contributed by atoms with van der Waals surface area (Å²) in [5, 5.41) is 9.26. The zero-order chi connectivity index (χ0) is 14.5. The number of likely N-dealkylation sites (tertiary alicyclic amines) is 1. The number of amides is 1. The Balaban J connectivity index is 1.87. The molecule has 1 N–H and O–H groups in total. The number of carbonyl (C=O) groups is 2. The van der Waals surface area contributed by atoms with Crippen molar-refractivity contribution >= 4 is 23.6 Å². The SMILES string of the molecule is CC(Sc1ncccn1)C(=O)N1CCC(C(=O)O)CC1. The fourth-order valence-electron chi connectivity index (χ4n) is 2.16. The smallest absolute Gasteiger partial charge is 0.306 e. The Kier molecular flexibility index (Phi) is 4.94. The number of carbonyl (C=O) groups excluding carboxylic acids is 1. The summed E-state index contributed by atoms with van der Waals surface area (Å²) >= 11 is 1.32. The van der Waals surface area contributed by atoms with E-state index < -0.39 is 5.97 Å². The van der Waals surface area contributed by atoms with E-state index in [4.69, 9.17) is 5.11 Å². The molecule has 1 fully saturated rings. The molecule has 2 rings (SSSR count). The summed E-state index contributed by atoms with van der Waals surface area (Å²) < 4.78 is 0. The van der Waals surface area contributed by atoms with Crippen molar-refractivity contribution in [1.82, 2.24) is 14.9 Å². The fourth-order valence-corrected chi connectivity index (χ4v) is 2.97. The summed E-state index contributed by atoms with van der Waals surface area (Å²) in [6.45, 7) is 2.85. The molecule has 1 aliphatic rings. The van der Waals surface area contributed by atoms with Crippen LogP contribution < -0.4 is 0 Å². The minimum atomic E-state index is -0.766. The summed E-state index contributed by atoms with van der Waals surface area (Å²) in [5.74, 6) is -1.07. The molecule has 0 bridgehead atoms. The van der Waals surface area contributed by atoms with E-state index in [1.165, 1.54) is 11.8 Å². The Hall–Kier alpha value is -1.63. The molecule has 1 unspecified atom stereocenters. The molecule has 0 spiro atoms. The second-order valence-electron chi connectivity index (χ2n) is 4.73. The number of carboxylic acids is 1. The highest BCUT2D eigenvalue weighted by Gasteiger charge is 2.29. The van der Waals surface area contributed by atoms with Crippen LogP contribution >= 0.6 is 11.8 Å². The lowest BCUT2D eigenvalue weighted by Gasteiger charge is -2.31. The monoisotopic (exact) mass is 295 g/mol. The molecular formula is C13H17N3O3S. The molecule has 1 amide bonds. The molecular weight excluding hydrogens is 278 g/mol. The van der Waals surface area contributed by atoms with E-state index in [2.05, 4.69) is 9.97 Å². The lowest BCUT2D eigenvalue weighted by atomic mass is 9.97. The first-order valence-corrected chi connectivity index (χ1v) is 7.41. The van der Waals surface area contributed by atoms with Gasteiger partial charge in [0.1, 0.15) is 0 Å². The summed E-state index contributed by atoms with van der Waals surface area (Å²) in [5.41, 5.74) is 0. The normalized spacial score (nSPS) is 17.8. The van der Waals surface area contributed by atoms with Crippen LogP contribution in [0.4, 0.5) is 0 Å². The number of hydrogen-bond acceptors (Lipinski definition) is 5. The van der Waals surface area contributed by atoms with Crippen molar-refractivity contribution in [2.45, 2.75) is 30.2 Å². The number of carboxylic acid groups (broad SMARTS) is 1. The van der Waals surface area contributed by atoms with Crippen LogP contribution in [-0.2, 0) is 9.59 Å². The first-order valence-electron chi connectivity index (χ1n) is 6.53. The molecule has 0 aliphatic carbocycles. The number of thioether (sulfide) groups is 1. The lowest BCUT2D eigenvalue weighted by molar-refractivity contribution is -0.145. The van der Waals surface area contributed by atoms with Crippen molar-refractivity contribution in [3.8, 4) is 0 Å². The predicted octanol–water partition coefficient (Wildman–Crippen LogP) is 1.28. The zero-order valence-corrected chi connectivity index (χ0v) is 12.0. The highest BCUT2D eigenvalue weighted by Crippen LogP contribution is 2.23. The molecule has 1 aliphatic heterocycles. The number of piperidine rings is 1. The Morgan fingerprint density at radius 2 is 1.95 bits per heavy atom. The fraction of sp³-hybridized carbons (Fsp3) is 0.538. The quantitative estimate of drug-likeness (QED) is 0.665. The van der Waals surface area contributed by atoms with Crippen LogP contribution in [0.1, 0.15) is 19.8 Å². The summed E-state index contributed by atoms with van der Waals surface area (Å²) in [7, 11) is 0. The molecule has 7 heteroatoms. The Labute approximate surface area is 121 Å². The lowest BCUT2D eigenvalue weighted by Crippen LogP contribution is -2.43. The van der Waals surface area contributed by atoms with E-state index in [-0.39, 0.29) is 17.1 Å². The molecule has 0 saturated carbocycles. The Morgan fingerprint density at radius 1 is 1.35 bits per heavy atom. The average Bonchev–Trinajstić information content (AvgIpc) is 2.47. The van der Waals surface area contributed by atoms with Gasteiger partial charge in [-0.25, -0.2) is 9.97 Å². The average molecular weight is 295 g/mol. The standard InChI is InChI=1S/C13H17N3O3S/c1-9(20-13-14-5-2-6-15-13)11(17)16-7-3-10(4-8-16)12(18)19/h2,5-6,9-10H,3-4,7-8H2,1H3,(H,18,19). The summed E-state index contributed by atoms with van der Waals surface area (Å²) in [4.78, 5) is 33.1. The van der Waals surface area contributed by atoms with Crippen LogP contribution in [0.15, 0.2) is 23.6 Å². The minimum absolute atomic E-state index is 0.0197. The third-order valence-corrected chi connectivity index (χ3v) is 4.30. The number of aromatic nitrogens is 2. The van der Waals surface area contributed by atoms with Crippen molar-refractivity contribution in [1.29, 1.82) is 0 Å². The van der Waals surface area contributed by atoms with Crippen molar-refractivity contribution in [3.63, 3.8) is 0 Å². The molecule has 1 atom stereocenters.